The molecule has 0 bridgehead atoms. The number of hydrogen-bond acceptors (Lipinski definition) is 7. The van der Waals surface area contributed by atoms with Crippen LogP contribution in [0.2, 0.25) is 0 Å². The Hall–Kier alpha value is -5.93. The molecular weight excluding hydrogens is 777 g/mol. The number of aromatic amines is 1. The first-order valence-corrected chi connectivity index (χ1v) is 22.0. The summed E-state index contributed by atoms with van der Waals surface area (Å²) in [4.78, 5) is 89.5. The minimum absolute atomic E-state index is 0.106. The molecular formula is C45H62N10O6. The van der Waals surface area contributed by atoms with Crippen molar-refractivity contribution in [3.05, 3.63) is 71.9 Å². The minimum atomic E-state index is -1.11. The van der Waals surface area contributed by atoms with Gasteiger partial charge in [-0.1, -0.05) is 80.6 Å². The summed E-state index contributed by atoms with van der Waals surface area (Å²) >= 11 is 0. The molecule has 16 nitrogen and oxygen atoms in total. The summed E-state index contributed by atoms with van der Waals surface area (Å²) in [6.07, 6.45) is 9.96. The number of H-pyrrole nitrogens is 1. The highest BCUT2D eigenvalue weighted by atomic mass is 16.2. The zero-order chi connectivity index (χ0) is 43.1. The lowest BCUT2D eigenvalue weighted by atomic mass is 9.84. The van der Waals surface area contributed by atoms with Crippen molar-refractivity contribution in [1.29, 1.82) is 5.41 Å². The molecule has 61 heavy (non-hydrogen) atoms. The first-order chi connectivity index (χ1) is 29.5. The molecule has 2 aromatic carbocycles. The lowest BCUT2D eigenvalue weighted by Crippen LogP contribution is -2.59. The molecule has 2 saturated heterocycles. The van der Waals surface area contributed by atoms with Gasteiger partial charge < -0.3 is 47.5 Å². The van der Waals surface area contributed by atoms with E-state index in [1.807, 2.05) is 54.6 Å². The molecule has 3 aliphatic rings. The molecule has 16 heteroatoms. The van der Waals surface area contributed by atoms with Crippen LogP contribution < -0.4 is 37.6 Å². The Labute approximate surface area is 357 Å². The van der Waals surface area contributed by atoms with Crippen LogP contribution in [0.25, 0.3) is 10.9 Å². The van der Waals surface area contributed by atoms with Crippen LogP contribution in [0, 0.1) is 11.3 Å². The Morgan fingerprint density at radius 3 is 2.30 bits per heavy atom. The van der Waals surface area contributed by atoms with E-state index in [9.17, 15) is 28.8 Å². The summed E-state index contributed by atoms with van der Waals surface area (Å²) in [7, 11) is 0. The average Bonchev–Trinajstić information content (AvgIpc) is 3.92. The normalized spacial score (nSPS) is 23.8. The SMILES string of the molecule is N=C(N)NCCC[C@@H]1NC(=O)C(Cc2c[nH]c3ccccc23)NC(=O)[C@@H](CC2CCCCC2)NC(=O)[C@@H]2CCCN2C(=O)[C@@H](NC(=O)CCc2ccccc2)CCCNC1=O. The predicted molar refractivity (Wildman–Crippen MR) is 232 cm³/mol. The Kier molecular flexibility index (Phi) is 16.1. The first-order valence-electron chi connectivity index (χ1n) is 22.0. The van der Waals surface area contributed by atoms with Crippen LogP contribution in [0.5, 0.6) is 0 Å². The number of carbonyl (C=O) groups excluding carboxylic acids is 6. The summed E-state index contributed by atoms with van der Waals surface area (Å²) in [6, 6.07) is 12.3. The summed E-state index contributed by atoms with van der Waals surface area (Å²) in [6.45, 7) is 0.748. The van der Waals surface area contributed by atoms with Crippen LogP contribution in [0.15, 0.2) is 60.8 Å². The molecule has 2 aliphatic heterocycles. The van der Waals surface area contributed by atoms with Gasteiger partial charge in [0.2, 0.25) is 35.4 Å². The summed E-state index contributed by atoms with van der Waals surface area (Å²) in [5.41, 5.74) is 8.13. The number of aryl methyl sites for hydroxylation is 1. The molecule has 6 amide bonds. The van der Waals surface area contributed by atoms with E-state index >= 15 is 0 Å². The number of carbonyl (C=O) groups is 6. The molecule has 6 rings (SSSR count). The van der Waals surface area contributed by atoms with Gasteiger partial charge in [0.05, 0.1) is 0 Å². The number of amides is 6. The van der Waals surface area contributed by atoms with Crippen LogP contribution in [0.1, 0.15) is 94.6 Å². The van der Waals surface area contributed by atoms with Gasteiger partial charge in [-0.25, -0.2) is 0 Å². The van der Waals surface area contributed by atoms with Gasteiger partial charge in [0.1, 0.15) is 30.2 Å². The van der Waals surface area contributed by atoms with E-state index in [0.717, 1.165) is 54.1 Å². The lowest BCUT2D eigenvalue weighted by Gasteiger charge is -2.32. The minimum Gasteiger partial charge on any atom is -0.370 e. The Morgan fingerprint density at radius 2 is 1.51 bits per heavy atom. The van der Waals surface area contributed by atoms with Gasteiger partial charge in [0.25, 0.3) is 0 Å². The number of aromatic nitrogens is 1. The second kappa shape index (κ2) is 22.1. The van der Waals surface area contributed by atoms with Crippen molar-refractivity contribution in [2.75, 3.05) is 19.6 Å². The van der Waals surface area contributed by atoms with E-state index in [4.69, 9.17) is 11.1 Å². The van der Waals surface area contributed by atoms with E-state index in [0.29, 0.717) is 45.1 Å². The first kappa shape index (κ1) is 44.6. The van der Waals surface area contributed by atoms with Crippen LogP contribution in [-0.4, -0.2) is 101 Å². The molecule has 1 saturated carbocycles. The fraction of sp³-hybridized carbons (Fsp3) is 0.533. The average molecular weight is 839 g/mol. The zero-order valence-corrected chi connectivity index (χ0v) is 34.9. The third-order valence-electron chi connectivity index (χ3n) is 12.2. The molecule has 3 heterocycles. The topological polar surface area (TPSA) is 243 Å². The standard InChI is InChI=1S/C45H62N10O6/c46-45(47)49-24-9-18-34-40(57)48-23-10-19-35(51-39(56)22-21-29-12-3-1-4-13-29)44(61)55-25-11-20-38(55)43(60)54-36(26-30-14-5-2-6-15-30)41(58)53-37(42(59)52-34)27-31-28-50-33-17-8-7-16-32(31)33/h1,3-4,7-8,12-13,16-17,28,30,34-38,50H,2,5-6,9-11,14-15,18-27H2,(H,48,57)(H,51,56)(H,52,59)(H,53,58)(H,54,60)(H4,46,47,49)/t34-,35-,36+,37?,38-/m0/s1. The number of hydrogen-bond donors (Lipinski definition) is 9. The molecule has 3 aromatic rings. The molecule has 1 aliphatic carbocycles. The summed E-state index contributed by atoms with van der Waals surface area (Å²) < 4.78 is 0. The van der Waals surface area contributed by atoms with Crippen molar-refractivity contribution in [3.63, 3.8) is 0 Å². The van der Waals surface area contributed by atoms with E-state index in [2.05, 4.69) is 36.9 Å². The van der Waals surface area contributed by atoms with E-state index in [1.54, 1.807) is 6.20 Å². The largest absolute Gasteiger partial charge is 0.370 e. The number of rotatable bonds is 12. The van der Waals surface area contributed by atoms with Crippen LogP contribution >= 0.6 is 0 Å². The predicted octanol–water partition coefficient (Wildman–Crippen LogP) is 2.42. The van der Waals surface area contributed by atoms with Gasteiger partial charge in [-0.05, 0) is 74.5 Å². The molecule has 328 valence electrons. The van der Waals surface area contributed by atoms with E-state index in [1.165, 1.54) is 4.90 Å². The van der Waals surface area contributed by atoms with Crippen molar-refractivity contribution in [2.45, 2.75) is 127 Å². The number of fused-ring (bicyclic) bond motifs is 2. The van der Waals surface area contributed by atoms with Gasteiger partial charge in [-0.2, -0.15) is 0 Å². The molecule has 1 aromatic heterocycles. The van der Waals surface area contributed by atoms with E-state index in [-0.39, 0.29) is 62.5 Å². The van der Waals surface area contributed by atoms with Gasteiger partial charge in [-0.15, -0.1) is 0 Å². The number of nitrogens with one attached hydrogen (secondary N) is 8. The smallest absolute Gasteiger partial charge is 0.245 e. The number of para-hydroxylation sites is 1. The Morgan fingerprint density at radius 1 is 0.787 bits per heavy atom. The van der Waals surface area contributed by atoms with Crippen molar-refractivity contribution < 1.29 is 28.8 Å². The highest BCUT2D eigenvalue weighted by molar-refractivity contribution is 5.97. The quantitative estimate of drug-likeness (QED) is 0.0744. The van der Waals surface area contributed by atoms with Crippen LogP contribution in [0.3, 0.4) is 0 Å². The van der Waals surface area contributed by atoms with Crippen molar-refractivity contribution in [1.82, 2.24) is 41.8 Å². The van der Waals surface area contributed by atoms with Gasteiger partial charge in [0, 0.05) is 49.6 Å². The number of benzene rings is 2. The molecule has 0 spiro atoms. The van der Waals surface area contributed by atoms with Crippen molar-refractivity contribution in [2.24, 2.45) is 11.7 Å². The fourth-order valence-corrected chi connectivity index (χ4v) is 8.90. The van der Waals surface area contributed by atoms with Crippen LogP contribution in [0.4, 0.5) is 0 Å². The Balaban J connectivity index is 1.28. The molecule has 10 N–H and O–H groups in total. The van der Waals surface area contributed by atoms with Crippen molar-refractivity contribution >= 4 is 52.3 Å². The monoisotopic (exact) mass is 838 g/mol. The second-order valence-electron chi connectivity index (χ2n) is 16.7. The number of nitrogens with two attached hydrogens (primary N) is 1. The highest BCUT2D eigenvalue weighted by Crippen LogP contribution is 2.28. The maximum absolute atomic E-state index is 14.5. The Bertz CT molecular complexity index is 2000. The molecule has 0 radical (unpaired) electrons. The van der Waals surface area contributed by atoms with Gasteiger partial charge in [-0.3, -0.25) is 34.2 Å². The lowest BCUT2D eigenvalue weighted by molar-refractivity contribution is -0.142. The second-order valence-corrected chi connectivity index (χ2v) is 16.7. The zero-order valence-electron chi connectivity index (χ0n) is 34.9. The number of nitrogens with zero attached hydrogens (tertiary/aromatic N) is 1. The third kappa shape index (κ3) is 12.8. The molecule has 3 fully saturated rings. The van der Waals surface area contributed by atoms with Gasteiger partial charge >= 0.3 is 0 Å². The molecule has 1 unspecified atom stereocenters. The number of guanidine groups is 1. The summed E-state index contributed by atoms with van der Waals surface area (Å²) in [5.74, 6) is -2.70. The van der Waals surface area contributed by atoms with Crippen molar-refractivity contribution in [3.8, 4) is 0 Å². The van der Waals surface area contributed by atoms with E-state index < -0.39 is 53.8 Å². The molecule has 5 atom stereocenters. The summed E-state index contributed by atoms with van der Waals surface area (Å²) in [5, 5.41) is 25.9. The maximum Gasteiger partial charge on any atom is 0.245 e. The highest BCUT2D eigenvalue weighted by Gasteiger charge is 2.40. The van der Waals surface area contributed by atoms with Gasteiger partial charge in [0.15, 0.2) is 5.96 Å². The third-order valence-corrected chi connectivity index (χ3v) is 12.2. The van der Waals surface area contributed by atoms with Crippen LogP contribution in [-0.2, 0) is 41.6 Å². The fourth-order valence-electron chi connectivity index (χ4n) is 8.90. The maximum atomic E-state index is 14.5.